The highest BCUT2D eigenvalue weighted by Gasteiger charge is 2.23. The van der Waals surface area contributed by atoms with Gasteiger partial charge in [0.1, 0.15) is 17.0 Å². The molecule has 3 rings (SSSR count). The predicted molar refractivity (Wildman–Crippen MR) is 106 cm³/mol. The van der Waals surface area contributed by atoms with Gasteiger partial charge in [-0.2, -0.15) is 0 Å². The molecule has 0 radical (unpaired) electrons. The zero-order valence-electron chi connectivity index (χ0n) is 15.9. The van der Waals surface area contributed by atoms with Gasteiger partial charge in [0.25, 0.3) is 5.69 Å². The molecule has 0 atom stereocenters. The van der Waals surface area contributed by atoms with Crippen LogP contribution in [-0.4, -0.2) is 28.7 Å². The van der Waals surface area contributed by atoms with Crippen LogP contribution in [-0.2, 0) is 11.8 Å². The van der Waals surface area contributed by atoms with E-state index in [9.17, 15) is 14.9 Å². The van der Waals surface area contributed by atoms with Crippen molar-refractivity contribution in [2.45, 2.75) is 13.8 Å². The number of esters is 1. The third kappa shape index (κ3) is 3.62. The van der Waals surface area contributed by atoms with E-state index >= 15 is 0 Å². The fraction of sp³-hybridized carbons (Fsp3) is 0.250. The lowest BCUT2D eigenvalue weighted by Gasteiger charge is -2.10. The number of anilines is 2. The zero-order valence-corrected chi connectivity index (χ0v) is 15.9. The van der Waals surface area contributed by atoms with E-state index in [4.69, 9.17) is 9.47 Å². The van der Waals surface area contributed by atoms with Crippen LogP contribution in [0.15, 0.2) is 42.5 Å². The number of rotatable bonds is 7. The second kappa shape index (κ2) is 7.99. The van der Waals surface area contributed by atoms with Crippen molar-refractivity contribution in [1.82, 2.24) is 4.57 Å². The lowest BCUT2D eigenvalue weighted by Crippen LogP contribution is -2.09. The summed E-state index contributed by atoms with van der Waals surface area (Å²) in [5, 5.41) is 15.3. The largest absolute Gasteiger partial charge is 0.494 e. The van der Waals surface area contributed by atoms with Crippen LogP contribution in [0.5, 0.6) is 5.75 Å². The maximum absolute atomic E-state index is 12.3. The van der Waals surface area contributed by atoms with E-state index in [1.807, 2.05) is 31.2 Å². The number of aryl methyl sites for hydroxylation is 1. The Morgan fingerprint density at radius 3 is 2.64 bits per heavy atom. The number of hydrogen-bond donors (Lipinski definition) is 1. The van der Waals surface area contributed by atoms with Gasteiger partial charge in [0.2, 0.25) is 0 Å². The summed E-state index contributed by atoms with van der Waals surface area (Å²) in [7, 11) is 1.61. The molecule has 8 nitrogen and oxygen atoms in total. The Bertz CT molecular complexity index is 1040. The van der Waals surface area contributed by atoms with Gasteiger partial charge in [0, 0.05) is 35.9 Å². The van der Waals surface area contributed by atoms with Crippen LogP contribution < -0.4 is 10.1 Å². The zero-order chi connectivity index (χ0) is 20.3. The molecule has 3 aromatic rings. The highest BCUT2D eigenvalue weighted by molar-refractivity contribution is 6.04. The molecule has 0 saturated heterocycles. The fourth-order valence-corrected chi connectivity index (χ4v) is 3.09. The number of nitrogens with zero attached hydrogens (tertiary/aromatic N) is 2. The van der Waals surface area contributed by atoms with E-state index in [1.165, 1.54) is 10.6 Å². The van der Waals surface area contributed by atoms with Gasteiger partial charge in [-0.3, -0.25) is 10.1 Å². The number of benzene rings is 2. The van der Waals surface area contributed by atoms with Gasteiger partial charge >= 0.3 is 5.97 Å². The van der Waals surface area contributed by atoms with Gasteiger partial charge in [0.15, 0.2) is 0 Å². The summed E-state index contributed by atoms with van der Waals surface area (Å²) in [6.45, 7) is 4.38. The number of non-ortho nitro benzene ring substituents is 1. The number of carbonyl (C=O) groups is 1. The van der Waals surface area contributed by atoms with E-state index in [2.05, 4.69) is 5.32 Å². The molecule has 0 spiro atoms. The first-order chi connectivity index (χ1) is 13.5. The molecule has 28 heavy (non-hydrogen) atoms. The van der Waals surface area contributed by atoms with Gasteiger partial charge in [-0.25, -0.2) is 4.79 Å². The highest BCUT2D eigenvalue weighted by atomic mass is 16.6. The summed E-state index contributed by atoms with van der Waals surface area (Å²) in [6, 6.07) is 12.1. The van der Waals surface area contributed by atoms with Gasteiger partial charge in [0.05, 0.1) is 18.1 Å². The Balaban J connectivity index is 2.12. The molecule has 0 bridgehead atoms. The lowest BCUT2D eigenvalue weighted by atomic mass is 10.1. The summed E-state index contributed by atoms with van der Waals surface area (Å²) >= 11 is 0. The third-order valence-corrected chi connectivity index (χ3v) is 4.28. The molecule has 2 aromatic carbocycles. The van der Waals surface area contributed by atoms with Crippen LogP contribution in [0, 0.1) is 10.1 Å². The number of ether oxygens (including phenoxy) is 2. The monoisotopic (exact) mass is 383 g/mol. The summed E-state index contributed by atoms with van der Waals surface area (Å²) < 4.78 is 12.1. The Hall–Kier alpha value is -3.55. The first kappa shape index (κ1) is 19.2. The van der Waals surface area contributed by atoms with Crippen LogP contribution in [0.3, 0.4) is 0 Å². The maximum Gasteiger partial charge on any atom is 0.354 e. The Kier molecular flexibility index (Phi) is 5.49. The molecule has 0 aliphatic heterocycles. The number of nitrogens with one attached hydrogen (secondary N) is 1. The van der Waals surface area contributed by atoms with Crippen molar-refractivity contribution in [3.8, 4) is 5.75 Å². The average Bonchev–Trinajstić information content (AvgIpc) is 3.01. The molecular weight excluding hydrogens is 362 g/mol. The van der Waals surface area contributed by atoms with Crippen molar-refractivity contribution < 1.29 is 19.2 Å². The number of carbonyl (C=O) groups excluding carboxylic acids is 1. The van der Waals surface area contributed by atoms with Gasteiger partial charge in [-0.15, -0.1) is 0 Å². The number of aromatic nitrogens is 1. The minimum absolute atomic E-state index is 0.0818. The second-order valence-electron chi connectivity index (χ2n) is 6.05. The standard InChI is InChI=1S/C20H21N3O5/c1-4-27-14-8-6-7-13(11-14)21-16-9-10-17(23(25)26)19-15(16)12-18(22(19)3)20(24)28-5-2/h6-12,21H,4-5H2,1-3H3. The Morgan fingerprint density at radius 2 is 1.96 bits per heavy atom. The van der Waals surface area contributed by atoms with Crippen LogP contribution in [0.2, 0.25) is 0 Å². The Morgan fingerprint density at radius 1 is 1.18 bits per heavy atom. The molecule has 0 aliphatic rings. The molecule has 0 amide bonds. The maximum atomic E-state index is 12.3. The summed E-state index contributed by atoms with van der Waals surface area (Å²) in [6.07, 6.45) is 0. The predicted octanol–water partition coefficient (Wildman–Crippen LogP) is 4.41. The molecule has 8 heteroatoms. The van der Waals surface area contributed by atoms with Crippen LogP contribution in [0.1, 0.15) is 24.3 Å². The molecule has 0 saturated carbocycles. The van der Waals surface area contributed by atoms with E-state index in [0.717, 1.165) is 5.69 Å². The van der Waals surface area contributed by atoms with Crippen molar-refractivity contribution >= 4 is 33.9 Å². The van der Waals surface area contributed by atoms with E-state index in [-0.39, 0.29) is 18.0 Å². The molecule has 0 unspecified atom stereocenters. The summed E-state index contributed by atoms with van der Waals surface area (Å²) in [4.78, 5) is 23.3. The van der Waals surface area contributed by atoms with Gasteiger partial charge in [-0.1, -0.05) is 6.07 Å². The van der Waals surface area contributed by atoms with Crippen LogP contribution in [0.25, 0.3) is 10.9 Å². The van der Waals surface area contributed by atoms with Gasteiger partial charge in [-0.05, 0) is 38.1 Å². The van der Waals surface area contributed by atoms with Crippen molar-refractivity contribution in [3.05, 3.63) is 58.3 Å². The van der Waals surface area contributed by atoms with Gasteiger partial charge < -0.3 is 19.4 Å². The molecular formula is C20H21N3O5. The smallest absolute Gasteiger partial charge is 0.354 e. The summed E-state index contributed by atoms with van der Waals surface area (Å²) in [5.74, 6) is 0.186. The van der Waals surface area contributed by atoms with E-state index in [1.54, 1.807) is 26.1 Å². The molecule has 146 valence electrons. The third-order valence-electron chi connectivity index (χ3n) is 4.28. The SMILES string of the molecule is CCOC(=O)c1cc2c(Nc3cccc(OCC)c3)ccc([N+](=O)[O-])c2n1C. The van der Waals surface area contributed by atoms with E-state index < -0.39 is 10.9 Å². The fourth-order valence-electron chi connectivity index (χ4n) is 3.09. The minimum atomic E-state index is -0.528. The van der Waals surface area contributed by atoms with Crippen molar-refractivity contribution in [3.63, 3.8) is 0 Å². The van der Waals surface area contributed by atoms with Crippen molar-refractivity contribution in [2.24, 2.45) is 7.05 Å². The average molecular weight is 383 g/mol. The first-order valence-corrected chi connectivity index (χ1v) is 8.90. The first-order valence-electron chi connectivity index (χ1n) is 8.90. The highest BCUT2D eigenvalue weighted by Crippen LogP contribution is 2.35. The molecule has 0 fully saturated rings. The number of hydrogen-bond acceptors (Lipinski definition) is 6. The second-order valence-corrected chi connectivity index (χ2v) is 6.05. The number of nitro benzene ring substituents is 1. The topological polar surface area (TPSA) is 95.6 Å². The normalized spacial score (nSPS) is 10.7. The summed E-state index contributed by atoms with van der Waals surface area (Å²) in [5.41, 5.74) is 1.92. The quantitative estimate of drug-likeness (QED) is 0.369. The Labute approximate surface area is 161 Å². The number of fused-ring (bicyclic) bond motifs is 1. The minimum Gasteiger partial charge on any atom is -0.494 e. The van der Waals surface area contributed by atoms with Crippen molar-refractivity contribution in [2.75, 3.05) is 18.5 Å². The van der Waals surface area contributed by atoms with Crippen LogP contribution >= 0.6 is 0 Å². The number of nitro groups is 1. The molecule has 1 aromatic heterocycles. The molecule has 1 N–H and O–H groups in total. The molecule has 0 aliphatic carbocycles. The van der Waals surface area contributed by atoms with E-state index in [0.29, 0.717) is 28.9 Å². The lowest BCUT2D eigenvalue weighted by molar-refractivity contribution is -0.383. The molecule has 1 heterocycles. The van der Waals surface area contributed by atoms with Crippen LogP contribution in [0.4, 0.5) is 17.1 Å². The van der Waals surface area contributed by atoms with Crippen molar-refractivity contribution in [1.29, 1.82) is 0 Å².